The van der Waals surface area contributed by atoms with Gasteiger partial charge in [0, 0.05) is 29.3 Å². The van der Waals surface area contributed by atoms with Crippen molar-refractivity contribution < 1.29 is 4.79 Å². The van der Waals surface area contributed by atoms with Gasteiger partial charge in [0.15, 0.2) is 0 Å². The van der Waals surface area contributed by atoms with Crippen LogP contribution in [-0.2, 0) is 17.8 Å². The molecule has 0 fully saturated rings. The Labute approximate surface area is 170 Å². The molecule has 2 heterocycles. The van der Waals surface area contributed by atoms with Crippen LogP contribution in [0.3, 0.4) is 0 Å². The molecule has 29 heavy (non-hydrogen) atoms. The Hall–Kier alpha value is -3.47. The van der Waals surface area contributed by atoms with E-state index in [0.717, 1.165) is 33.4 Å². The Bertz CT molecular complexity index is 1100. The summed E-state index contributed by atoms with van der Waals surface area (Å²) in [6.07, 6.45) is 5.34. The third-order valence-electron chi connectivity index (χ3n) is 5.10. The third kappa shape index (κ3) is 4.04. The fourth-order valence-corrected chi connectivity index (χ4v) is 3.63. The molecule has 2 aromatic heterocycles. The van der Waals surface area contributed by atoms with Crippen LogP contribution < -0.4 is 0 Å². The molecule has 0 aliphatic heterocycles. The Morgan fingerprint density at radius 2 is 1.79 bits per heavy atom. The van der Waals surface area contributed by atoms with E-state index in [2.05, 4.69) is 39.2 Å². The van der Waals surface area contributed by atoms with Gasteiger partial charge in [-0.25, -0.2) is 0 Å². The fourth-order valence-electron chi connectivity index (χ4n) is 3.63. The number of carbonyl (C=O) groups excluding carboxylic acids is 1. The van der Waals surface area contributed by atoms with E-state index in [1.165, 1.54) is 0 Å². The highest BCUT2D eigenvalue weighted by molar-refractivity contribution is 5.95. The topological polar surface area (TPSA) is 61.9 Å². The van der Waals surface area contributed by atoms with Gasteiger partial charge in [0.25, 0.3) is 0 Å². The van der Waals surface area contributed by atoms with Crippen LogP contribution in [0.25, 0.3) is 22.2 Å². The zero-order valence-electron chi connectivity index (χ0n) is 16.7. The van der Waals surface area contributed by atoms with E-state index in [1.54, 1.807) is 18.6 Å². The zero-order chi connectivity index (χ0) is 20.2. The smallest absolute Gasteiger partial charge is 0.227 e. The number of carbonyl (C=O) groups is 1. The SMILES string of the molecule is CC(C)N(Cc1cnccn1)C(=O)Cc1c(-c2ccccc2)[nH]c2ccccc12. The number of aromatic amines is 1. The highest BCUT2D eigenvalue weighted by Crippen LogP contribution is 2.31. The molecule has 0 aliphatic carbocycles. The predicted octanol–water partition coefficient (Wildman–Crippen LogP) is 4.60. The highest BCUT2D eigenvalue weighted by atomic mass is 16.2. The maximum atomic E-state index is 13.3. The summed E-state index contributed by atoms with van der Waals surface area (Å²) in [7, 11) is 0. The van der Waals surface area contributed by atoms with Crippen molar-refractivity contribution in [3.63, 3.8) is 0 Å². The number of aromatic nitrogens is 3. The number of hydrogen-bond donors (Lipinski definition) is 1. The molecule has 0 spiro atoms. The third-order valence-corrected chi connectivity index (χ3v) is 5.10. The van der Waals surface area contributed by atoms with Gasteiger partial charge in [0.1, 0.15) is 0 Å². The molecule has 2 aromatic carbocycles. The standard InChI is InChI=1S/C24H24N4O/c1-17(2)28(16-19-15-25-12-13-26-19)23(29)14-21-20-10-6-7-11-22(20)27-24(21)18-8-4-3-5-9-18/h3-13,15,17,27H,14,16H2,1-2H3. The molecule has 4 aromatic rings. The van der Waals surface area contributed by atoms with Crippen molar-refractivity contribution >= 4 is 16.8 Å². The number of benzene rings is 2. The van der Waals surface area contributed by atoms with Crippen LogP contribution in [0, 0.1) is 0 Å². The van der Waals surface area contributed by atoms with Gasteiger partial charge in [-0.1, -0.05) is 48.5 Å². The van der Waals surface area contributed by atoms with E-state index in [0.29, 0.717) is 13.0 Å². The van der Waals surface area contributed by atoms with Crippen molar-refractivity contribution in [3.8, 4) is 11.3 Å². The van der Waals surface area contributed by atoms with Gasteiger partial charge in [-0.2, -0.15) is 0 Å². The lowest BCUT2D eigenvalue weighted by molar-refractivity contribution is -0.132. The van der Waals surface area contributed by atoms with Crippen LogP contribution in [0.1, 0.15) is 25.1 Å². The summed E-state index contributed by atoms with van der Waals surface area (Å²) in [4.78, 5) is 27.2. The minimum Gasteiger partial charge on any atom is -0.354 e. The van der Waals surface area contributed by atoms with E-state index in [4.69, 9.17) is 0 Å². The number of fused-ring (bicyclic) bond motifs is 1. The summed E-state index contributed by atoms with van der Waals surface area (Å²) < 4.78 is 0. The molecule has 0 bridgehead atoms. The van der Waals surface area contributed by atoms with Crippen molar-refractivity contribution in [2.75, 3.05) is 0 Å². The van der Waals surface area contributed by atoms with Gasteiger partial charge in [0.05, 0.1) is 30.6 Å². The summed E-state index contributed by atoms with van der Waals surface area (Å²) in [5, 5.41) is 1.09. The number of nitrogens with zero attached hydrogens (tertiary/aromatic N) is 3. The minimum atomic E-state index is 0.0647. The maximum Gasteiger partial charge on any atom is 0.227 e. The summed E-state index contributed by atoms with van der Waals surface area (Å²) in [6.45, 7) is 4.51. The molecule has 0 saturated carbocycles. The number of para-hydroxylation sites is 1. The Morgan fingerprint density at radius 3 is 2.52 bits per heavy atom. The molecule has 0 saturated heterocycles. The highest BCUT2D eigenvalue weighted by Gasteiger charge is 2.22. The lowest BCUT2D eigenvalue weighted by atomic mass is 10.0. The molecule has 0 atom stereocenters. The molecule has 0 radical (unpaired) electrons. The summed E-state index contributed by atoms with van der Waals surface area (Å²) in [6, 6.07) is 18.4. The van der Waals surface area contributed by atoms with E-state index in [9.17, 15) is 4.79 Å². The molecule has 0 unspecified atom stereocenters. The Balaban J connectivity index is 1.69. The predicted molar refractivity (Wildman–Crippen MR) is 115 cm³/mol. The van der Waals surface area contributed by atoms with Gasteiger partial charge >= 0.3 is 0 Å². The lowest BCUT2D eigenvalue weighted by Gasteiger charge is -2.26. The summed E-state index contributed by atoms with van der Waals surface area (Å²) in [5.41, 5.74) is 4.94. The summed E-state index contributed by atoms with van der Waals surface area (Å²) in [5.74, 6) is 0.0765. The Morgan fingerprint density at radius 1 is 1.03 bits per heavy atom. The first-order valence-electron chi connectivity index (χ1n) is 9.83. The minimum absolute atomic E-state index is 0.0647. The fraction of sp³-hybridized carbons (Fsp3) is 0.208. The van der Waals surface area contributed by atoms with E-state index < -0.39 is 0 Å². The van der Waals surface area contributed by atoms with Crippen molar-refractivity contribution in [1.29, 1.82) is 0 Å². The zero-order valence-corrected chi connectivity index (χ0v) is 16.7. The number of hydrogen-bond acceptors (Lipinski definition) is 3. The van der Waals surface area contributed by atoms with E-state index >= 15 is 0 Å². The van der Waals surface area contributed by atoms with Gasteiger partial charge in [0.2, 0.25) is 5.91 Å². The molecule has 5 heteroatoms. The second-order valence-electron chi connectivity index (χ2n) is 7.38. The van der Waals surface area contributed by atoms with Gasteiger partial charge in [-0.15, -0.1) is 0 Å². The van der Waals surface area contributed by atoms with Crippen molar-refractivity contribution in [2.24, 2.45) is 0 Å². The van der Waals surface area contributed by atoms with Gasteiger partial charge in [-0.3, -0.25) is 14.8 Å². The van der Waals surface area contributed by atoms with Crippen LogP contribution in [0.5, 0.6) is 0 Å². The molecule has 1 amide bonds. The molecule has 0 aliphatic rings. The van der Waals surface area contributed by atoms with E-state index in [-0.39, 0.29) is 11.9 Å². The van der Waals surface area contributed by atoms with Crippen molar-refractivity contribution in [3.05, 3.63) is 84.4 Å². The van der Waals surface area contributed by atoms with Crippen molar-refractivity contribution in [1.82, 2.24) is 19.9 Å². The van der Waals surface area contributed by atoms with Gasteiger partial charge < -0.3 is 9.88 Å². The first kappa shape index (κ1) is 18.9. The van der Waals surface area contributed by atoms with E-state index in [1.807, 2.05) is 49.1 Å². The number of nitrogens with one attached hydrogen (secondary N) is 1. The first-order chi connectivity index (χ1) is 14.1. The monoisotopic (exact) mass is 384 g/mol. The number of amides is 1. The largest absolute Gasteiger partial charge is 0.354 e. The van der Waals surface area contributed by atoms with Crippen LogP contribution in [0.2, 0.25) is 0 Å². The molecule has 146 valence electrons. The average molecular weight is 384 g/mol. The molecule has 4 rings (SSSR count). The van der Waals surface area contributed by atoms with Crippen LogP contribution in [0.15, 0.2) is 73.2 Å². The molecule has 1 N–H and O–H groups in total. The summed E-state index contributed by atoms with van der Waals surface area (Å²) >= 11 is 0. The second-order valence-corrected chi connectivity index (χ2v) is 7.38. The lowest BCUT2D eigenvalue weighted by Crippen LogP contribution is -2.37. The molecular weight excluding hydrogens is 360 g/mol. The number of H-pyrrole nitrogens is 1. The van der Waals surface area contributed by atoms with Crippen LogP contribution in [-0.4, -0.2) is 31.8 Å². The molecule has 5 nitrogen and oxygen atoms in total. The average Bonchev–Trinajstić information content (AvgIpc) is 3.11. The van der Waals surface area contributed by atoms with Gasteiger partial charge in [-0.05, 0) is 31.0 Å². The maximum absolute atomic E-state index is 13.3. The first-order valence-corrected chi connectivity index (χ1v) is 9.83. The van der Waals surface area contributed by atoms with Crippen molar-refractivity contribution in [2.45, 2.75) is 32.9 Å². The Kier molecular flexibility index (Phi) is 5.38. The van der Waals surface area contributed by atoms with Crippen LogP contribution >= 0.6 is 0 Å². The van der Waals surface area contributed by atoms with Crippen LogP contribution in [0.4, 0.5) is 0 Å². The molecular formula is C24H24N4O. The quantitative estimate of drug-likeness (QED) is 0.528. The second kappa shape index (κ2) is 8.27. The number of rotatable bonds is 6. The normalized spacial score (nSPS) is 11.1.